The number of hydrogen-bond acceptors (Lipinski definition) is 3. The third-order valence-electron chi connectivity index (χ3n) is 5.35. The molecule has 0 bridgehead atoms. The van der Waals surface area contributed by atoms with Crippen molar-refractivity contribution < 1.29 is 18.0 Å². The molecule has 5 nitrogen and oxygen atoms in total. The van der Waals surface area contributed by atoms with Crippen molar-refractivity contribution >= 4 is 5.91 Å². The fourth-order valence-corrected chi connectivity index (χ4v) is 3.82. The lowest BCUT2D eigenvalue weighted by molar-refractivity contribution is -0.143. The van der Waals surface area contributed by atoms with Gasteiger partial charge in [0.05, 0.1) is 17.4 Å². The minimum absolute atomic E-state index is 0.198. The van der Waals surface area contributed by atoms with E-state index < -0.39 is 23.3 Å². The van der Waals surface area contributed by atoms with Gasteiger partial charge in [0.2, 0.25) is 0 Å². The molecular weight excluding hydrogens is 369 g/mol. The average Bonchev–Trinajstić information content (AvgIpc) is 3.13. The highest BCUT2D eigenvalue weighted by Gasteiger charge is 2.41. The Labute approximate surface area is 162 Å². The summed E-state index contributed by atoms with van der Waals surface area (Å²) in [7, 11) is 0. The quantitative estimate of drug-likeness (QED) is 0.809. The van der Waals surface area contributed by atoms with Gasteiger partial charge in [-0.3, -0.25) is 4.79 Å². The van der Waals surface area contributed by atoms with Crippen LogP contribution in [-0.2, 0) is 6.18 Å². The van der Waals surface area contributed by atoms with Crippen LogP contribution in [0, 0.1) is 12.8 Å². The van der Waals surface area contributed by atoms with Crippen molar-refractivity contribution in [1.82, 2.24) is 15.1 Å². The lowest BCUT2D eigenvalue weighted by Gasteiger charge is -2.30. The normalized spacial score (nSPS) is 16.8. The molecule has 0 radical (unpaired) electrons. The van der Waals surface area contributed by atoms with Gasteiger partial charge in [0, 0.05) is 12.6 Å². The number of alkyl halides is 3. The third-order valence-corrected chi connectivity index (χ3v) is 5.35. The minimum atomic E-state index is -4.73. The number of aromatic nitrogens is 2. The summed E-state index contributed by atoms with van der Waals surface area (Å²) in [6.07, 6.45) is 1.35. The smallest absolute Gasteiger partial charge is 0.348 e. The number of nitrogens with two attached hydrogens (primary N) is 1. The predicted octanol–water partition coefficient (Wildman–Crippen LogP) is 3.84. The van der Waals surface area contributed by atoms with E-state index in [1.54, 1.807) is 24.3 Å². The number of aryl methyl sites for hydroxylation is 1. The molecule has 1 aromatic heterocycles. The fourth-order valence-electron chi connectivity index (χ4n) is 3.82. The number of halogens is 3. The van der Waals surface area contributed by atoms with Crippen molar-refractivity contribution in [1.29, 1.82) is 0 Å². The molecule has 1 aromatic carbocycles. The number of benzene rings is 1. The molecule has 1 aliphatic carbocycles. The van der Waals surface area contributed by atoms with Crippen LogP contribution in [0.4, 0.5) is 13.2 Å². The summed E-state index contributed by atoms with van der Waals surface area (Å²) in [6.45, 7) is 2.04. The summed E-state index contributed by atoms with van der Waals surface area (Å²) in [5.41, 5.74) is 5.41. The maximum absolute atomic E-state index is 13.8. The van der Waals surface area contributed by atoms with Crippen LogP contribution in [0.3, 0.4) is 0 Å². The summed E-state index contributed by atoms with van der Waals surface area (Å²) >= 11 is 0. The van der Waals surface area contributed by atoms with Gasteiger partial charge in [-0.2, -0.15) is 18.3 Å². The zero-order chi connectivity index (χ0) is 20.3. The van der Waals surface area contributed by atoms with Crippen LogP contribution in [0.15, 0.2) is 30.5 Å². The number of hydrogen-bond donors (Lipinski definition) is 2. The average molecular weight is 394 g/mol. The molecule has 0 saturated heterocycles. The molecule has 1 unspecified atom stereocenters. The first-order valence-corrected chi connectivity index (χ1v) is 9.54. The Morgan fingerprint density at radius 1 is 1.25 bits per heavy atom. The number of rotatable bonds is 5. The van der Waals surface area contributed by atoms with Crippen LogP contribution in [0.25, 0.3) is 5.69 Å². The highest BCUT2D eigenvalue weighted by atomic mass is 19.4. The van der Waals surface area contributed by atoms with Gasteiger partial charge in [0.25, 0.3) is 5.91 Å². The van der Waals surface area contributed by atoms with Gasteiger partial charge in [0.1, 0.15) is 0 Å². The topological polar surface area (TPSA) is 72.9 Å². The van der Waals surface area contributed by atoms with Gasteiger partial charge in [0.15, 0.2) is 5.69 Å². The monoisotopic (exact) mass is 394 g/mol. The van der Waals surface area contributed by atoms with Crippen LogP contribution in [0.2, 0.25) is 0 Å². The molecule has 1 aliphatic rings. The Kier molecular flexibility index (Phi) is 6.07. The SMILES string of the molecule is Cc1ccc(-n2ncc(C(=O)NC(CN)C3CCCCC3)c2C(F)(F)F)cc1. The summed E-state index contributed by atoms with van der Waals surface area (Å²) in [4.78, 5) is 12.7. The van der Waals surface area contributed by atoms with Crippen molar-refractivity contribution in [2.24, 2.45) is 11.7 Å². The molecular formula is C20H25F3N4O. The van der Waals surface area contributed by atoms with E-state index in [-0.39, 0.29) is 24.2 Å². The minimum Gasteiger partial charge on any atom is -0.348 e. The van der Waals surface area contributed by atoms with E-state index in [2.05, 4.69) is 10.4 Å². The van der Waals surface area contributed by atoms with E-state index in [1.165, 1.54) is 0 Å². The van der Waals surface area contributed by atoms with Crippen LogP contribution >= 0.6 is 0 Å². The van der Waals surface area contributed by atoms with E-state index in [0.717, 1.165) is 48.5 Å². The van der Waals surface area contributed by atoms with Gasteiger partial charge in [-0.15, -0.1) is 0 Å². The maximum Gasteiger partial charge on any atom is 0.434 e. The van der Waals surface area contributed by atoms with Gasteiger partial charge in [-0.1, -0.05) is 37.0 Å². The van der Waals surface area contributed by atoms with Gasteiger partial charge in [-0.25, -0.2) is 4.68 Å². The van der Waals surface area contributed by atoms with E-state index >= 15 is 0 Å². The summed E-state index contributed by atoms with van der Waals surface area (Å²) in [5, 5.41) is 6.58. The first-order chi connectivity index (χ1) is 13.3. The van der Waals surface area contributed by atoms with Crippen LogP contribution < -0.4 is 11.1 Å². The van der Waals surface area contributed by atoms with Crippen molar-refractivity contribution in [2.45, 2.75) is 51.2 Å². The number of carbonyl (C=O) groups excluding carboxylic acids is 1. The van der Waals surface area contributed by atoms with E-state index in [1.807, 2.05) is 6.92 Å². The Morgan fingerprint density at radius 3 is 2.46 bits per heavy atom. The molecule has 3 rings (SSSR count). The summed E-state index contributed by atoms with van der Waals surface area (Å²) in [6, 6.07) is 6.15. The Morgan fingerprint density at radius 2 is 1.89 bits per heavy atom. The zero-order valence-electron chi connectivity index (χ0n) is 15.8. The van der Waals surface area contributed by atoms with Crippen molar-refractivity contribution in [3.63, 3.8) is 0 Å². The van der Waals surface area contributed by atoms with Gasteiger partial charge >= 0.3 is 6.18 Å². The molecule has 3 N–H and O–H groups in total. The second-order valence-corrected chi connectivity index (χ2v) is 7.37. The summed E-state index contributed by atoms with van der Waals surface area (Å²) < 4.78 is 42.1. The molecule has 2 aromatic rings. The standard InChI is InChI=1S/C20H25F3N4O/c1-13-7-9-15(10-8-13)27-18(20(21,22)23)16(12-25-27)19(28)26-17(11-24)14-5-3-2-4-6-14/h7-10,12,14,17H,2-6,11,24H2,1H3,(H,26,28). The molecule has 1 fully saturated rings. The molecule has 0 spiro atoms. The van der Waals surface area contributed by atoms with Crippen LogP contribution in [0.1, 0.15) is 53.7 Å². The van der Waals surface area contributed by atoms with E-state index in [0.29, 0.717) is 0 Å². The maximum atomic E-state index is 13.8. The first kappa shape index (κ1) is 20.4. The lowest BCUT2D eigenvalue weighted by Crippen LogP contribution is -2.46. The number of amides is 1. The molecule has 1 atom stereocenters. The number of nitrogens with one attached hydrogen (secondary N) is 1. The van der Waals surface area contributed by atoms with Crippen LogP contribution in [-0.4, -0.2) is 28.3 Å². The molecule has 1 saturated carbocycles. The predicted molar refractivity (Wildman–Crippen MR) is 100 cm³/mol. The van der Waals surface area contributed by atoms with Crippen molar-refractivity contribution in [3.8, 4) is 5.69 Å². The summed E-state index contributed by atoms with van der Waals surface area (Å²) in [5.74, 6) is -0.587. The second kappa shape index (κ2) is 8.34. The van der Waals surface area contributed by atoms with Crippen molar-refractivity contribution in [2.75, 3.05) is 6.54 Å². The van der Waals surface area contributed by atoms with Gasteiger partial charge in [-0.05, 0) is 37.8 Å². The van der Waals surface area contributed by atoms with E-state index in [9.17, 15) is 18.0 Å². The molecule has 152 valence electrons. The molecule has 0 aliphatic heterocycles. The largest absolute Gasteiger partial charge is 0.434 e. The second-order valence-electron chi connectivity index (χ2n) is 7.37. The lowest BCUT2D eigenvalue weighted by atomic mass is 9.84. The highest BCUT2D eigenvalue weighted by molar-refractivity contribution is 5.95. The van der Waals surface area contributed by atoms with E-state index in [4.69, 9.17) is 5.73 Å². The molecule has 28 heavy (non-hydrogen) atoms. The highest BCUT2D eigenvalue weighted by Crippen LogP contribution is 2.34. The van der Waals surface area contributed by atoms with Gasteiger partial charge < -0.3 is 11.1 Å². The zero-order valence-corrected chi connectivity index (χ0v) is 15.8. The number of carbonyl (C=O) groups is 1. The Bertz CT molecular complexity index is 808. The molecule has 8 heteroatoms. The van der Waals surface area contributed by atoms with Crippen LogP contribution in [0.5, 0.6) is 0 Å². The Hall–Kier alpha value is -2.35. The molecule has 1 heterocycles. The first-order valence-electron chi connectivity index (χ1n) is 9.54. The third kappa shape index (κ3) is 4.38. The van der Waals surface area contributed by atoms with Crippen molar-refractivity contribution in [3.05, 3.63) is 47.3 Å². The number of nitrogens with zero attached hydrogens (tertiary/aromatic N) is 2. The fraction of sp³-hybridized carbons (Fsp3) is 0.500. The molecule has 1 amide bonds. The Balaban J connectivity index is 1.90.